The van der Waals surface area contributed by atoms with E-state index in [1.807, 2.05) is 48.5 Å². The Morgan fingerprint density at radius 1 is 1.14 bits per heavy atom. The Balaban J connectivity index is 1.55. The van der Waals surface area contributed by atoms with Crippen LogP contribution < -0.4 is 10.1 Å². The van der Waals surface area contributed by atoms with Crippen molar-refractivity contribution >= 4 is 34.2 Å². The number of nitrogens with zero attached hydrogens (tertiary/aromatic N) is 3. The molecule has 140 valence electrons. The number of halogens is 1. The molecule has 1 N–H and O–H groups in total. The molecule has 0 aliphatic rings. The van der Waals surface area contributed by atoms with E-state index in [2.05, 4.69) is 15.4 Å². The number of hydrogen-bond donors (Lipinski definition) is 1. The molecule has 0 radical (unpaired) electrons. The van der Waals surface area contributed by atoms with Gasteiger partial charge in [-0.2, -0.15) is 5.10 Å². The third kappa shape index (κ3) is 3.68. The first-order chi connectivity index (χ1) is 13.6. The van der Waals surface area contributed by atoms with Crippen LogP contribution >= 0.6 is 11.6 Å². The Labute approximate surface area is 166 Å². The lowest BCUT2D eigenvalue weighted by Gasteiger charge is -2.10. The summed E-state index contributed by atoms with van der Waals surface area (Å²) in [4.78, 5) is 17.1. The van der Waals surface area contributed by atoms with Crippen molar-refractivity contribution in [3.05, 3.63) is 83.1 Å². The lowest BCUT2D eigenvalue weighted by molar-refractivity contribution is 0.102. The van der Waals surface area contributed by atoms with E-state index in [4.69, 9.17) is 16.3 Å². The summed E-state index contributed by atoms with van der Waals surface area (Å²) in [5.41, 5.74) is 1.96. The highest BCUT2D eigenvalue weighted by atomic mass is 35.5. The number of amides is 1. The van der Waals surface area contributed by atoms with Gasteiger partial charge in [0.15, 0.2) is 0 Å². The Morgan fingerprint density at radius 2 is 2.00 bits per heavy atom. The van der Waals surface area contributed by atoms with Crippen LogP contribution in [-0.4, -0.2) is 27.8 Å². The van der Waals surface area contributed by atoms with Gasteiger partial charge < -0.3 is 10.1 Å². The van der Waals surface area contributed by atoms with E-state index in [9.17, 15) is 4.79 Å². The molecule has 2 aromatic heterocycles. The molecule has 2 heterocycles. The molecule has 0 spiro atoms. The van der Waals surface area contributed by atoms with Gasteiger partial charge in [-0.3, -0.25) is 4.79 Å². The number of pyridine rings is 1. The molecule has 4 aromatic rings. The van der Waals surface area contributed by atoms with Gasteiger partial charge in [-0.05, 0) is 35.9 Å². The van der Waals surface area contributed by atoms with E-state index in [0.29, 0.717) is 23.1 Å². The van der Waals surface area contributed by atoms with Gasteiger partial charge in [0.25, 0.3) is 5.91 Å². The van der Waals surface area contributed by atoms with Crippen LogP contribution in [0.4, 0.5) is 5.82 Å². The minimum absolute atomic E-state index is 0.307. The fourth-order valence-electron chi connectivity index (χ4n) is 2.89. The Hall–Kier alpha value is -3.38. The molecule has 0 atom stereocenters. The summed E-state index contributed by atoms with van der Waals surface area (Å²) in [6.07, 6.45) is 1.63. The minimum atomic E-state index is -0.307. The number of ether oxygens (including phenoxy) is 1. The molecule has 2 aromatic carbocycles. The number of carbonyl (C=O) groups excluding carboxylic acids is 1. The molecule has 0 fully saturated rings. The molecule has 0 bridgehead atoms. The smallest absolute Gasteiger partial charge is 0.275 e. The molecule has 0 aliphatic heterocycles. The van der Waals surface area contributed by atoms with Gasteiger partial charge in [0.2, 0.25) is 0 Å². The fourth-order valence-corrected chi connectivity index (χ4v) is 3.09. The van der Waals surface area contributed by atoms with Crippen LogP contribution in [-0.2, 0) is 6.54 Å². The number of aromatic nitrogens is 3. The lowest BCUT2D eigenvalue weighted by Crippen LogP contribution is -2.17. The minimum Gasteiger partial charge on any atom is -0.497 e. The number of carbonyl (C=O) groups is 1. The highest BCUT2D eigenvalue weighted by Crippen LogP contribution is 2.21. The highest BCUT2D eigenvalue weighted by Gasteiger charge is 2.13. The summed E-state index contributed by atoms with van der Waals surface area (Å²) in [6.45, 7) is 0.452. The second kappa shape index (κ2) is 7.70. The van der Waals surface area contributed by atoms with Crippen LogP contribution in [0, 0.1) is 0 Å². The van der Waals surface area contributed by atoms with E-state index in [0.717, 1.165) is 22.2 Å². The molecule has 0 saturated heterocycles. The predicted octanol–water partition coefficient (Wildman–Crippen LogP) is 4.39. The number of anilines is 1. The second-order valence-corrected chi connectivity index (χ2v) is 6.58. The van der Waals surface area contributed by atoms with Crippen molar-refractivity contribution in [3.8, 4) is 5.75 Å². The Morgan fingerprint density at radius 3 is 2.82 bits per heavy atom. The van der Waals surface area contributed by atoms with Gasteiger partial charge in [0.1, 0.15) is 17.3 Å². The molecule has 1 amide bonds. The van der Waals surface area contributed by atoms with Crippen molar-refractivity contribution in [1.29, 1.82) is 0 Å². The van der Waals surface area contributed by atoms with Gasteiger partial charge in [0.05, 0.1) is 25.4 Å². The molecule has 0 saturated carbocycles. The molecule has 7 heteroatoms. The van der Waals surface area contributed by atoms with Gasteiger partial charge >= 0.3 is 0 Å². The van der Waals surface area contributed by atoms with Crippen molar-refractivity contribution in [2.75, 3.05) is 12.4 Å². The predicted molar refractivity (Wildman–Crippen MR) is 109 cm³/mol. The monoisotopic (exact) mass is 392 g/mol. The maximum absolute atomic E-state index is 12.7. The number of rotatable bonds is 5. The topological polar surface area (TPSA) is 69.0 Å². The summed E-state index contributed by atoms with van der Waals surface area (Å²) in [7, 11) is 1.61. The van der Waals surface area contributed by atoms with E-state index in [-0.39, 0.29) is 5.91 Å². The van der Waals surface area contributed by atoms with Crippen molar-refractivity contribution in [2.24, 2.45) is 0 Å². The summed E-state index contributed by atoms with van der Waals surface area (Å²) in [5, 5.41) is 8.70. The number of nitrogens with one attached hydrogen (secondary N) is 1. The van der Waals surface area contributed by atoms with E-state index in [1.165, 1.54) is 0 Å². The molecule has 0 unspecified atom stereocenters. The molecule has 28 heavy (non-hydrogen) atoms. The number of benzene rings is 2. The quantitative estimate of drug-likeness (QED) is 0.546. The van der Waals surface area contributed by atoms with Crippen LogP contribution in [0.2, 0.25) is 5.02 Å². The first-order valence-corrected chi connectivity index (χ1v) is 9.03. The normalized spacial score (nSPS) is 10.8. The second-order valence-electron chi connectivity index (χ2n) is 6.17. The molecular formula is C21H17ClN4O2. The van der Waals surface area contributed by atoms with Gasteiger partial charge in [0, 0.05) is 16.5 Å². The van der Waals surface area contributed by atoms with Crippen molar-refractivity contribution in [2.45, 2.75) is 6.54 Å². The molecule has 0 aliphatic carbocycles. The number of hydrogen-bond acceptors (Lipinski definition) is 4. The van der Waals surface area contributed by atoms with Crippen LogP contribution in [0.15, 0.2) is 66.9 Å². The lowest BCUT2D eigenvalue weighted by atomic mass is 10.2. The van der Waals surface area contributed by atoms with E-state index >= 15 is 0 Å². The number of fused-ring (bicyclic) bond motifs is 1. The average molecular weight is 393 g/mol. The fraction of sp³-hybridized carbons (Fsp3) is 0.0952. The van der Waals surface area contributed by atoms with Gasteiger partial charge in [-0.15, -0.1) is 0 Å². The molecule has 6 nitrogen and oxygen atoms in total. The molecular weight excluding hydrogens is 376 g/mol. The van der Waals surface area contributed by atoms with Crippen LogP contribution in [0.1, 0.15) is 16.1 Å². The maximum Gasteiger partial charge on any atom is 0.275 e. The summed E-state index contributed by atoms with van der Waals surface area (Å²) < 4.78 is 6.90. The van der Waals surface area contributed by atoms with Crippen LogP contribution in [0.5, 0.6) is 5.75 Å². The van der Waals surface area contributed by atoms with Crippen LogP contribution in [0.25, 0.3) is 10.9 Å². The van der Waals surface area contributed by atoms with Crippen LogP contribution in [0.3, 0.4) is 0 Å². The number of methoxy groups -OCH3 is 1. The molecule has 4 rings (SSSR count). The van der Waals surface area contributed by atoms with E-state index < -0.39 is 0 Å². The summed E-state index contributed by atoms with van der Waals surface area (Å²) >= 11 is 6.22. The average Bonchev–Trinajstić information content (AvgIpc) is 3.15. The third-order valence-electron chi connectivity index (χ3n) is 4.37. The SMILES string of the molecule is COc1ccc2nc(C(=O)Nc3ccnn3Cc3ccccc3Cl)ccc2c1. The van der Waals surface area contributed by atoms with Crippen molar-refractivity contribution in [1.82, 2.24) is 14.8 Å². The zero-order valence-corrected chi connectivity index (χ0v) is 15.8. The third-order valence-corrected chi connectivity index (χ3v) is 4.73. The maximum atomic E-state index is 12.7. The van der Waals surface area contributed by atoms with Crippen molar-refractivity contribution in [3.63, 3.8) is 0 Å². The van der Waals surface area contributed by atoms with E-state index in [1.54, 1.807) is 30.1 Å². The summed E-state index contributed by atoms with van der Waals surface area (Å²) in [6, 6.07) is 18.3. The zero-order chi connectivity index (χ0) is 19.5. The van der Waals surface area contributed by atoms with Gasteiger partial charge in [-0.25, -0.2) is 9.67 Å². The standard InChI is InChI=1S/C21H17ClN4O2/c1-28-16-7-9-18-14(12-16)6-8-19(24-18)21(27)25-20-10-11-23-26(20)13-15-4-2-3-5-17(15)22/h2-12H,13H2,1H3,(H,25,27). The highest BCUT2D eigenvalue weighted by molar-refractivity contribution is 6.31. The van der Waals surface area contributed by atoms with Gasteiger partial charge in [-0.1, -0.05) is 35.9 Å². The Kier molecular flexibility index (Phi) is 4.95. The Bertz CT molecular complexity index is 1160. The van der Waals surface area contributed by atoms with Crippen molar-refractivity contribution < 1.29 is 9.53 Å². The first kappa shape index (κ1) is 18.0. The first-order valence-electron chi connectivity index (χ1n) is 8.65. The largest absolute Gasteiger partial charge is 0.497 e. The zero-order valence-electron chi connectivity index (χ0n) is 15.1. The summed E-state index contributed by atoms with van der Waals surface area (Å²) in [5.74, 6) is 1.01.